The van der Waals surface area contributed by atoms with E-state index in [0.29, 0.717) is 31.2 Å². The Kier molecular flexibility index (Phi) is 7.14. The van der Waals surface area contributed by atoms with E-state index >= 15 is 0 Å². The maximum absolute atomic E-state index is 12.4. The number of hydrogen-bond acceptors (Lipinski definition) is 2. The Labute approximate surface area is 135 Å². The fourth-order valence-electron chi connectivity index (χ4n) is 4.00. The number of rotatable bonds is 8. The Morgan fingerprint density at radius 2 is 1.27 bits per heavy atom. The van der Waals surface area contributed by atoms with Crippen molar-refractivity contribution in [2.45, 2.75) is 77.0 Å². The Hall–Kier alpha value is -1.12. The first-order valence-electron chi connectivity index (χ1n) is 9.14. The molecule has 0 unspecified atom stereocenters. The van der Waals surface area contributed by atoms with Crippen LogP contribution in [-0.4, -0.2) is 23.3 Å². The van der Waals surface area contributed by atoms with Gasteiger partial charge in [-0.25, -0.2) is 0 Å². The fraction of sp³-hybridized carbons (Fsp3) is 0.789. The van der Waals surface area contributed by atoms with Crippen molar-refractivity contribution < 1.29 is 9.59 Å². The lowest BCUT2D eigenvalue weighted by atomic mass is 10.0. The Morgan fingerprint density at radius 3 is 1.64 bits per heavy atom. The Bertz CT molecular complexity index is 347. The highest BCUT2D eigenvalue weighted by Crippen LogP contribution is 2.30. The average molecular weight is 305 g/mol. The molecule has 22 heavy (non-hydrogen) atoms. The van der Waals surface area contributed by atoms with Gasteiger partial charge in [-0.2, -0.15) is 0 Å². The molecule has 0 aromatic carbocycles. The van der Waals surface area contributed by atoms with Gasteiger partial charge in [0.2, 0.25) is 11.8 Å². The summed E-state index contributed by atoms with van der Waals surface area (Å²) >= 11 is 0. The molecule has 3 nitrogen and oxygen atoms in total. The van der Waals surface area contributed by atoms with Crippen LogP contribution in [0.3, 0.4) is 0 Å². The standard InChI is InChI=1S/C19H31NO2/c1-2-15-20(18(21)13-11-16-7-3-4-8-16)19(22)14-12-17-9-5-6-10-17/h2,16-17H,1,3-15H2. The van der Waals surface area contributed by atoms with E-state index in [0.717, 1.165) is 12.8 Å². The molecule has 2 aliphatic carbocycles. The summed E-state index contributed by atoms with van der Waals surface area (Å²) in [5.41, 5.74) is 0. The van der Waals surface area contributed by atoms with E-state index < -0.39 is 0 Å². The van der Waals surface area contributed by atoms with Gasteiger partial charge in [0.05, 0.1) is 0 Å². The monoisotopic (exact) mass is 305 g/mol. The van der Waals surface area contributed by atoms with Crippen LogP contribution in [0.2, 0.25) is 0 Å². The fourth-order valence-corrected chi connectivity index (χ4v) is 4.00. The topological polar surface area (TPSA) is 37.4 Å². The molecule has 0 N–H and O–H groups in total. The minimum absolute atomic E-state index is 0.00298. The van der Waals surface area contributed by atoms with Gasteiger partial charge in [-0.05, 0) is 24.7 Å². The Morgan fingerprint density at radius 1 is 0.864 bits per heavy atom. The number of imide groups is 1. The molecule has 0 radical (unpaired) electrons. The van der Waals surface area contributed by atoms with Crippen molar-refractivity contribution in [1.29, 1.82) is 0 Å². The predicted octanol–water partition coefficient (Wildman–Crippen LogP) is 4.47. The van der Waals surface area contributed by atoms with E-state index in [1.807, 2.05) is 0 Å². The first-order chi connectivity index (χ1) is 10.7. The van der Waals surface area contributed by atoms with Crippen molar-refractivity contribution in [3.05, 3.63) is 12.7 Å². The zero-order valence-corrected chi connectivity index (χ0v) is 13.9. The highest BCUT2D eigenvalue weighted by Gasteiger charge is 2.24. The Balaban J connectivity index is 1.76. The van der Waals surface area contributed by atoms with Crippen molar-refractivity contribution in [3.8, 4) is 0 Å². The van der Waals surface area contributed by atoms with Gasteiger partial charge < -0.3 is 0 Å². The lowest BCUT2D eigenvalue weighted by Gasteiger charge is -2.21. The summed E-state index contributed by atoms with van der Waals surface area (Å²) in [5.74, 6) is 1.40. The van der Waals surface area contributed by atoms with Crippen LogP contribution in [0.1, 0.15) is 77.0 Å². The van der Waals surface area contributed by atoms with Gasteiger partial charge in [0, 0.05) is 19.4 Å². The van der Waals surface area contributed by atoms with Gasteiger partial charge >= 0.3 is 0 Å². The summed E-state index contributed by atoms with van der Waals surface area (Å²) in [6.07, 6.45) is 14.8. The van der Waals surface area contributed by atoms with Crippen LogP contribution >= 0.6 is 0 Å². The normalized spacial score (nSPS) is 19.5. The minimum Gasteiger partial charge on any atom is -0.279 e. The number of amides is 2. The van der Waals surface area contributed by atoms with Crippen molar-refractivity contribution in [3.63, 3.8) is 0 Å². The first kappa shape index (κ1) is 17.2. The number of carbonyl (C=O) groups is 2. The van der Waals surface area contributed by atoms with E-state index in [9.17, 15) is 9.59 Å². The number of hydrogen-bond donors (Lipinski definition) is 0. The quantitative estimate of drug-likeness (QED) is 0.620. The first-order valence-corrected chi connectivity index (χ1v) is 9.14. The highest BCUT2D eigenvalue weighted by molar-refractivity contribution is 5.95. The molecule has 124 valence electrons. The third kappa shape index (κ3) is 5.26. The van der Waals surface area contributed by atoms with Crippen LogP contribution in [-0.2, 0) is 9.59 Å². The molecular weight excluding hydrogens is 274 g/mol. The predicted molar refractivity (Wildman–Crippen MR) is 89.3 cm³/mol. The summed E-state index contributed by atoms with van der Waals surface area (Å²) < 4.78 is 0. The zero-order chi connectivity index (χ0) is 15.8. The minimum atomic E-state index is 0.00298. The van der Waals surface area contributed by atoms with E-state index in [1.165, 1.54) is 56.3 Å². The van der Waals surface area contributed by atoms with Gasteiger partial charge in [0.15, 0.2) is 0 Å². The van der Waals surface area contributed by atoms with Gasteiger partial charge in [-0.1, -0.05) is 57.4 Å². The number of carbonyl (C=O) groups excluding carboxylic acids is 2. The van der Waals surface area contributed by atoms with Gasteiger partial charge in [-0.3, -0.25) is 14.5 Å². The molecule has 3 heteroatoms. The third-order valence-corrected chi connectivity index (χ3v) is 5.40. The molecule has 2 rings (SSSR count). The highest BCUT2D eigenvalue weighted by atomic mass is 16.2. The summed E-state index contributed by atoms with van der Waals surface area (Å²) in [7, 11) is 0. The number of nitrogens with zero attached hydrogens (tertiary/aromatic N) is 1. The van der Waals surface area contributed by atoms with Crippen molar-refractivity contribution in [2.75, 3.05) is 6.54 Å². The molecule has 2 aliphatic rings. The largest absolute Gasteiger partial charge is 0.279 e. The zero-order valence-electron chi connectivity index (χ0n) is 13.9. The van der Waals surface area contributed by atoms with E-state index in [2.05, 4.69) is 6.58 Å². The molecule has 0 atom stereocenters. The molecule has 0 heterocycles. The summed E-state index contributed by atoms with van der Waals surface area (Å²) in [5, 5.41) is 0. The van der Waals surface area contributed by atoms with Crippen LogP contribution < -0.4 is 0 Å². The molecular formula is C19H31NO2. The van der Waals surface area contributed by atoms with Gasteiger partial charge in [0.25, 0.3) is 0 Å². The maximum atomic E-state index is 12.4. The summed E-state index contributed by atoms with van der Waals surface area (Å²) in [6, 6.07) is 0. The smallest absolute Gasteiger partial charge is 0.229 e. The molecule has 0 aromatic heterocycles. The second kappa shape index (κ2) is 9.12. The third-order valence-electron chi connectivity index (χ3n) is 5.40. The second-order valence-corrected chi connectivity index (χ2v) is 7.07. The molecule has 0 spiro atoms. The molecule has 0 aromatic rings. The van der Waals surface area contributed by atoms with Crippen LogP contribution in [0.25, 0.3) is 0 Å². The second-order valence-electron chi connectivity index (χ2n) is 7.07. The van der Waals surface area contributed by atoms with Crippen molar-refractivity contribution in [1.82, 2.24) is 4.90 Å². The van der Waals surface area contributed by atoms with E-state index in [-0.39, 0.29) is 11.8 Å². The molecule has 0 bridgehead atoms. The lowest BCUT2D eigenvalue weighted by Crippen LogP contribution is -2.37. The van der Waals surface area contributed by atoms with Gasteiger partial charge in [0.1, 0.15) is 0 Å². The summed E-state index contributed by atoms with van der Waals surface area (Å²) in [4.78, 5) is 26.2. The van der Waals surface area contributed by atoms with E-state index in [1.54, 1.807) is 6.08 Å². The molecule has 0 aliphatic heterocycles. The molecule has 2 fully saturated rings. The van der Waals surface area contributed by atoms with Crippen LogP contribution in [0, 0.1) is 11.8 Å². The molecule has 0 saturated heterocycles. The molecule has 2 amide bonds. The van der Waals surface area contributed by atoms with Crippen LogP contribution in [0.4, 0.5) is 0 Å². The molecule has 2 saturated carbocycles. The van der Waals surface area contributed by atoms with Crippen LogP contribution in [0.5, 0.6) is 0 Å². The lowest BCUT2D eigenvalue weighted by molar-refractivity contribution is -0.144. The average Bonchev–Trinajstić information content (AvgIpc) is 3.20. The SMILES string of the molecule is C=CCN(C(=O)CCC1CCCC1)C(=O)CCC1CCCC1. The van der Waals surface area contributed by atoms with Crippen molar-refractivity contribution in [2.24, 2.45) is 11.8 Å². The summed E-state index contributed by atoms with van der Waals surface area (Å²) in [6.45, 7) is 4.06. The van der Waals surface area contributed by atoms with Crippen LogP contribution in [0.15, 0.2) is 12.7 Å². The van der Waals surface area contributed by atoms with Crippen molar-refractivity contribution >= 4 is 11.8 Å². The maximum Gasteiger partial charge on any atom is 0.229 e. The van der Waals surface area contributed by atoms with Gasteiger partial charge in [-0.15, -0.1) is 6.58 Å². The van der Waals surface area contributed by atoms with E-state index in [4.69, 9.17) is 0 Å².